The van der Waals surface area contributed by atoms with Crippen LogP contribution in [0.1, 0.15) is 32.0 Å². The molecular formula is C21H20N4O2S. The molecule has 142 valence electrons. The zero-order chi connectivity index (χ0) is 19.9. The SMILES string of the molecule is CN(Cc1ccccn1)C(=O)c1cccnc1SCc1ccc(C(N)=O)cc1. The van der Waals surface area contributed by atoms with E-state index in [0.717, 1.165) is 11.3 Å². The molecule has 0 aliphatic heterocycles. The number of thioether (sulfide) groups is 1. The van der Waals surface area contributed by atoms with Crippen molar-refractivity contribution in [2.24, 2.45) is 5.73 Å². The van der Waals surface area contributed by atoms with Gasteiger partial charge in [-0.05, 0) is 42.0 Å². The summed E-state index contributed by atoms with van der Waals surface area (Å²) < 4.78 is 0. The van der Waals surface area contributed by atoms with E-state index in [1.807, 2.05) is 30.3 Å². The summed E-state index contributed by atoms with van der Waals surface area (Å²) in [6.07, 6.45) is 3.39. The Balaban J connectivity index is 1.69. The maximum atomic E-state index is 12.9. The summed E-state index contributed by atoms with van der Waals surface area (Å²) in [5, 5.41) is 0.666. The van der Waals surface area contributed by atoms with Crippen LogP contribution in [-0.4, -0.2) is 33.7 Å². The van der Waals surface area contributed by atoms with Crippen LogP contribution in [0.25, 0.3) is 0 Å². The van der Waals surface area contributed by atoms with Crippen LogP contribution in [-0.2, 0) is 12.3 Å². The molecule has 0 atom stereocenters. The van der Waals surface area contributed by atoms with Gasteiger partial charge < -0.3 is 10.6 Å². The second kappa shape index (κ2) is 9.14. The number of pyridine rings is 2. The molecule has 3 aromatic rings. The minimum atomic E-state index is -0.451. The Hall–Kier alpha value is -3.19. The minimum Gasteiger partial charge on any atom is -0.366 e. The number of amides is 2. The highest BCUT2D eigenvalue weighted by atomic mass is 32.2. The fourth-order valence-corrected chi connectivity index (χ4v) is 3.54. The minimum absolute atomic E-state index is 0.106. The van der Waals surface area contributed by atoms with Crippen molar-refractivity contribution >= 4 is 23.6 Å². The average molecular weight is 392 g/mol. The summed E-state index contributed by atoms with van der Waals surface area (Å²) in [6, 6.07) is 16.3. The summed E-state index contributed by atoms with van der Waals surface area (Å²) in [6.45, 7) is 0.424. The van der Waals surface area contributed by atoms with E-state index < -0.39 is 5.91 Å². The highest BCUT2D eigenvalue weighted by molar-refractivity contribution is 7.98. The van der Waals surface area contributed by atoms with Gasteiger partial charge in [0.05, 0.1) is 17.8 Å². The van der Waals surface area contributed by atoms with Crippen molar-refractivity contribution in [3.63, 3.8) is 0 Å². The van der Waals surface area contributed by atoms with Crippen LogP contribution in [0.15, 0.2) is 72.0 Å². The lowest BCUT2D eigenvalue weighted by Crippen LogP contribution is -2.27. The highest BCUT2D eigenvalue weighted by Gasteiger charge is 2.17. The molecule has 0 bridgehead atoms. The van der Waals surface area contributed by atoms with Crippen molar-refractivity contribution in [1.29, 1.82) is 0 Å². The summed E-state index contributed by atoms with van der Waals surface area (Å²) >= 11 is 1.48. The van der Waals surface area contributed by atoms with Gasteiger partial charge in [0.15, 0.2) is 0 Å². The molecule has 2 aromatic heterocycles. The molecule has 1 aromatic carbocycles. The topological polar surface area (TPSA) is 89.2 Å². The van der Waals surface area contributed by atoms with Crippen LogP contribution in [0.2, 0.25) is 0 Å². The van der Waals surface area contributed by atoms with Gasteiger partial charge in [-0.25, -0.2) is 4.98 Å². The summed E-state index contributed by atoms with van der Waals surface area (Å²) in [4.78, 5) is 34.3. The molecule has 0 aliphatic carbocycles. The van der Waals surface area contributed by atoms with E-state index in [4.69, 9.17) is 5.73 Å². The molecule has 0 saturated carbocycles. The summed E-state index contributed by atoms with van der Waals surface area (Å²) in [5.74, 6) is 0.0680. The van der Waals surface area contributed by atoms with Gasteiger partial charge in [0.1, 0.15) is 5.03 Å². The predicted molar refractivity (Wildman–Crippen MR) is 109 cm³/mol. The summed E-state index contributed by atoms with van der Waals surface area (Å²) in [5.41, 5.74) is 8.13. The molecule has 2 N–H and O–H groups in total. The van der Waals surface area contributed by atoms with Gasteiger partial charge in [-0.15, -0.1) is 11.8 Å². The monoisotopic (exact) mass is 392 g/mol. The maximum absolute atomic E-state index is 12.9. The van der Waals surface area contributed by atoms with Crippen molar-refractivity contribution in [2.45, 2.75) is 17.3 Å². The number of nitrogens with zero attached hydrogens (tertiary/aromatic N) is 3. The Labute approximate surface area is 167 Å². The van der Waals surface area contributed by atoms with Crippen LogP contribution in [0.5, 0.6) is 0 Å². The fraction of sp³-hybridized carbons (Fsp3) is 0.143. The number of hydrogen-bond donors (Lipinski definition) is 1. The first-order valence-corrected chi connectivity index (χ1v) is 9.65. The van der Waals surface area contributed by atoms with E-state index in [-0.39, 0.29) is 5.91 Å². The maximum Gasteiger partial charge on any atom is 0.256 e. The Morgan fingerprint density at radius 2 is 1.75 bits per heavy atom. The summed E-state index contributed by atoms with van der Waals surface area (Å²) in [7, 11) is 1.75. The first-order valence-electron chi connectivity index (χ1n) is 8.66. The van der Waals surface area contributed by atoms with Gasteiger partial charge in [0, 0.05) is 30.8 Å². The van der Waals surface area contributed by atoms with Crippen molar-refractivity contribution in [2.75, 3.05) is 7.05 Å². The lowest BCUT2D eigenvalue weighted by atomic mass is 10.1. The van der Waals surface area contributed by atoms with E-state index in [1.54, 1.807) is 48.6 Å². The van der Waals surface area contributed by atoms with Crippen LogP contribution < -0.4 is 5.73 Å². The molecule has 0 saturated heterocycles. The number of carbonyl (C=O) groups excluding carboxylic acids is 2. The smallest absolute Gasteiger partial charge is 0.256 e. The fourth-order valence-electron chi connectivity index (χ4n) is 2.60. The third-order valence-corrected chi connectivity index (χ3v) is 5.16. The molecule has 0 spiro atoms. The molecule has 0 unspecified atom stereocenters. The Bertz CT molecular complexity index is 962. The lowest BCUT2D eigenvalue weighted by molar-refractivity contribution is 0.0779. The zero-order valence-electron chi connectivity index (χ0n) is 15.4. The predicted octanol–water partition coefficient (Wildman–Crippen LogP) is 3.14. The molecular weight excluding hydrogens is 372 g/mol. The molecule has 28 heavy (non-hydrogen) atoms. The van der Waals surface area contributed by atoms with Crippen molar-refractivity contribution in [1.82, 2.24) is 14.9 Å². The molecule has 0 radical (unpaired) electrons. The molecule has 7 heteroatoms. The third-order valence-electron chi connectivity index (χ3n) is 4.09. The Morgan fingerprint density at radius 3 is 2.43 bits per heavy atom. The normalized spacial score (nSPS) is 10.5. The van der Waals surface area contributed by atoms with Gasteiger partial charge in [-0.2, -0.15) is 0 Å². The highest BCUT2D eigenvalue weighted by Crippen LogP contribution is 2.25. The van der Waals surface area contributed by atoms with Gasteiger partial charge in [-0.3, -0.25) is 14.6 Å². The van der Waals surface area contributed by atoms with Crippen molar-refractivity contribution in [3.8, 4) is 0 Å². The Morgan fingerprint density at radius 1 is 1.00 bits per heavy atom. The lowest BCUT2D eigenvalue weighted by Gasteiger charge is -2.18. The number of benzene rings is 1. The van der Waals surface area contributed by atoms with E-state index in [1.165, 1.54) is 11.8 Å². The Kier molecular flexibility index (Phi) is 6.39. The van der Waals surface area contributed by atoms with Crippen LogP contribution in [0.4, 0.5) is 0 Å². The van der Waals surface area contributed by atoms with Crippen molar-refractivity contribution < 1.29 is 9.59 Å². The second-order valence-corrected chi connectivity index (χ2v) is 7.15. The molecule has 2 heterocycles. The van der Waals surface area contributed by atoms with E-state index in [2.05, 4.69) is 9.97 Å². The van der Waals surface area contributed by atoms with Gasteiger partial charge in [0.25, 0.3) is 5.91 Å². The molecule has 0 aliphatic rings. The van der Waals surface area contributed by atoms with Crippen LogP contribution in [0.3, 0.4) is 0 Å². The zero-order valence-corrected chi connectivity index (χ0v) is 16.2. The quantitative estimate of drug-likeness (QED) is 0.624. The number of nitrogens with two attached hydrogens (primary N) is 1. The molecule has 3 rings (SSSR count). The number of primary amides is 1. The van der Waals surface area contributed by atoms with Gasteiger partial charge in [-0.1, -0.05) is 18.2 Å². The van der Waals surface area contributed by atoms with Crippen LogP contribution >= 0.6 is 11.8 Å². The number of carbonyl (C=O) groups is 2. The van der Waals surface area contributed by atoms with Gasteiger partial charge >= 0.3 is 0 Å². The number of hydrogen-bond acceptors (Lipinski definition) is 5. The molecule has 6 nitrogen and oxygen atoms in total. The van der Waals surface area contributed by atoms with E-state index >= 15 is 0 Å². The largest absolute Gasteiger partial charge is 0.366 e. The number of rotatable bonds is 7. The molecule has 2 amide bonds. The third kappa shape index (κ3) is 4.95. The standard InChI is InChI=1S/C21H20N4O2S/c1-25(13-17-5-2-3-11-23-17)21(27)18-6-4-12-24-20(18)28-14-15-7-9-16(10-8-15)19(22)26/h2-12H,13-14H2,1H3,(H2,22,26). The van der Waals surface area contributed by atoms with Gasteiger partial charge in [0.2, 0.25) is 5.91 Å². The number of aromatic nitrogens is 2. The van der Waals surface area contributed by atoms with Crippen molar-refractivity contribution in [3.05, 3.63) is 89.4 Å². The van der Waals surface area contributed by atoms with Crippen LogP contribution in [0, 0.1) is 0 Å². The van der Waals surface area contributed by atoms with E-state index in [9.17, 15) is 9.59 Å². The average Bonchev–Trinajstić information content (AvgIpc) is 2.73. The first kappa shape index (κ1) is 19.6. The van der Waals surface area contributed by atoms with E-state index in [0.29, 0.717) is 28.5 Å². The molecule has 0 fully saturated rings. The first-order chi connectivity index (χ1) is 13.5. The second-order valence-electron chi connectivity index (χ2n) is 6.19.